The second kappa shape index (κ2) is 4.03. The Balaban J connectivity index is 1.51. The summed E-state index contributed by atoms with van der Waals surface area (Å²) in [4.78, 5) is 0. The Bertz CT molecular complexity index is 152. The van der Waals surface area contributed by atoms with E-state index >= 15 is 0 Å². The van der Waals surface area contributed by atoms with E-state index in [0.29, 0.717) is 41.8 Å². The molecule has 0 aromatic heterocycles. The molecule has 0 bridgehead atoms. The molecule has 3 fully saturated rings. The van der Waals surface area contributed by atoms with Crippen LogP contribution in [0.4, 0.5) is 0 Å². The molecule has 0 N–H and O–H groups in total. The van der Waals surface area contributed by atoms with Gasteiger partial charge in [-0.3, -0.25) is 0 Å². The van der Waals surface area contributed by atoms with Crippen LogP contribution in [0.15, 0.2) is 0 Å². The molecule has 4 heteroatoms. The maximum absolute atomic E-state index is 2.26. The molecule has 3 aliphatic rings. The van der Waals surface area contributed by atoms with E-state index in [1.807, 2.05) is 0 Å². The molecule has 0 nitrogen and oxygen atoms in total. The molecule has 3 rings (SSSR count). The number of thioether (sulfide) groups is 2. The SMILES string of the molecule is C1[Te]C(C2CS2)[Te]CC1C1CS1. The van der Waals surface area contributed by atoms with Gasteiger partial charge in [-0.2, -0.15) is 0 Å². The molecule has 68 valence electrons. The van der Waals surface area contributed by atoms with Crippen LogP contribution in [0.25, 0.3) is 0 Å². The minimum absolute atomic E-state index is 0.488. The van der Waals surface area contributed by atoms with E-state index in [4.69, 9.17) is 0 Å². The zero-order valence-corrected chi connectivity index (χ0v) is 13.1. The summed E-state index contributed by atoms with van der Waals surface area (Å²) in [5.74, 6) is 4.30. The number of hydrogen-bond acceptors (Lipinski definition) is 2. The monoisotopic (exact) mass is 432 g/mol. The van der Waals surface area contributed by atoms with Crippen molar-refractivity contribution in [2.45, 2.75) is 21.5 Å². The van der Waals surface area contributed by atoms with Gasteiger partial charge in [0.05, 0.1) is 0 Å². The molecule has 3 saturated heterocycles. The molecule has 12 heavy (non-hydrogen) atoms. The van der Waals surface area contributed by atoms with Crippen LogP contribution < -0.4 is 0 Å². The molecule has 0 aliphatic carbocycles. The fraction of sp³-hybridized carbons (Fsp3) is 1.00. The van der Waals surface area contributed by atoms with Gasteiger partial charge in [0.1, 0.15) is 0 Å². The van der Waals surface area contributed by atoms with Gasteiger partial charge in [-0.05, 0) is 0 Å². The van der Waals surface area contributed by atoms with E-state index in [2.05, 4.69) is 23.5 Å². The number of rotatable bonds is 2. The third-order valence-electron chi connectivity index (χ3n) is 2.50. The van der Waals surface area contributed by atoms with Crippen molar-refractivity contribution < 1.29 is 0 Å². The normalized spacial score (nSPS) is 52.0. The van der Waals surface area contributed by atoms with E-state index in [1.165, 1.54) is 18.9 Å². The van der Waals surface area contributed by atoms with Crippen molar-refractivity contribution in [2.75, 3.05) is 11.5 Å². The van der Waals surface area contributed by atoms with Crippen molar-refractivity contribution in [3.8, 4) is 0 Å². The predicted molar refractivity (Wildman–Crippen MR) is 60.9 cm³/mol. The zero-order chi connectivity index (χ0) is 7.97. The Morgan fingerprint density at radius 1 is 0.917 bits per heavy atom. The Hall–Kier alpha value is 2.28. The van der Waals surface area contributed by atoms with Gasteiger partial charge in [0.15, 0.2) is 0 Å². The summed E-state index contributed by atoms with van der Waals surface area (Å²) in [5, 5.41) is 2.37. The topological polar surface area (TPSA) is 0 Å². The van der Waals surface area contributed by atoms with Crippen molar-refractivity contribution in [3.05, 3.63) is 0 Å². The predicted octanol–water partition coefficient (Wildman–Crippen LogP) is 1.84. The molecule has 3 heterocycles. The van der Waals surface area contributed by atoms with E-state index in [-0.39, 0.29) is 0 Å². The maximum atomic E-state index is 2.26. The Labute approximate surface area is 103 Å². The molecule has 2 atom stereocenters. The molecule has 0 radical (unpaired) electrons. The first kappa shape index (κ1) is 9.50. The van der Waals surface area contributed by atoms with Gasteiger partial charge in [0.25, 0.3) is 0 Å². The van der Waals surface area contributed by atoms with Crippen LogP contribution in [-0.2, 0) is 0 Å². The van der Waals surface area contributed by atoms with Crippen molar-refractivity contribution >= 4 is 65.4 Å². The van der Waals surface area contributed by atoms with Gasteiger partial charge in [0.2, 0.25) is 0 Å². The fourth-order valence-electron chi connectivity index (χ4n) is 1.50. The first-order chi connectivity index (χ1) is 5.93. The average molecular weight is 428 g/mol. The fourth-order valence-corrected chi connectivity index (χ4v) is 19.6. The summed E-state index contributed by atoms with van der Waals surface area (Å²) in [5.41, 5.74) is 0. The van der Waals surface area contributed by atoms with Gasteiger partial charge in [-0.15, -0.1) is 0 Å². The standard InChI is InChI=1S/C8H12S2Te2/c1-6(9-1)5-3-11-8(12-4-5)7-2-10-7/h5-8H,1-4H2. The Morgan fingerprint density at radius 3 is 2.00 bits per heavy atom. The molecule has 0 spiro atoms. The first-order valence-electron chi connectivity index (χ1n) is 4.40. The zero-order valence-electron chi connectivity index (χ0n) is 6.77. The Morgan fingerprint density at radius 2 is 1.50 bits per heavy atom. The van der Waals surface area contributed by atoms with Crippen molar-refractivity contribution in [1.29, 1.82) is 0 Å². The van der Waals surface area contributed by atoms with Gasteiger partial charge < -0.3 is 0 Å². The second-order valence-electron chi connectivity index (χ2n) is 3.54. The van der Waals surface area contributed by atoms with Crippen LogP contribution >= 0.6 is 23.5 Å². The molecular formula is C8H12S2Te2. The first-order valence-corrected chi connectivity index (χ1v) is 12.5. The molecular weight excluding hydrogens is 415 g/mol. The molecule has 0 aromatic carbocycles. The average Bonchev–Trinajstić information content (AvgIpc) is 2.98. The van der Waals surface area contributed by atoms with Crippen molar-refractivity contribution in [1.82, 2.24) is 0 Å². The molecule has 0 saturated carbocycles. The summed E-state index contributed by atoms with van der Waals surface area (Å²) in [7, 11) is 0. The van der Waals surface area contributed by atoms with Crippen LogP contribution in [0.1, 0.15) is 0 Å². The van der Waals surface area contributed by atoms with Crippen LogP contribution in [-0.4, -0.2) is 63.9 Å². The third-order valence-corrected chi connectivity index (χ3v) is 18.2. The van der Waals surface area contributed by atoms with Gasteiger partial charge >= 0.3 is 104 Å². The van der Waals surface area contributed by atoms with Crippen molar-refractivity contribution in [2.24, 2.45) is 5.92 Å². The van der Waals surface area contributed by atoms with Crippen LogP contribution in [0, 0.1) is 5.92 Å². The van der Waals surface area contributed by atoms with Gasteiger partial charge in [0, 0.05) is 0 Å². The number of hydrogen-bond donors (Lipinski definition) is 0. The molecule has 0 aromatic rings. The van der Waals surface area contributed by atoms with Gasteiger partial charge in [-0.25, -0.2) is 0 Å². The van der Waals surface area contributed by atoms with E-state index in [0.717, 1.165) is 5.25 Å². The van der Waals surface area contributed by atoms with Crippen LogP contribution in [0.3, 0.4) is 0 Å². The summed E-state index contributed by atoms with van der Waals surface area (Å²) < 4.78 is 4.82. The summed E-state index contributed by atoms with van der Waals surface area (Å²) in [6.07, 6.45) is 0. The van der Waals surface area contributed by atoms with Crippen LogP contribution in [0.2, 0.25) is 11.0 Å². The van der Waals surface area contributed by atoms with Gasteiger partial charge in [-0.1, -0.05) is 0 Å². The summed E-state index contributed by atoms with van der Waals surface area (Å²) in [6, 6.07) is 0. The Kier molecular flexibility index (Phi) is 3.19. The van der Waals surface area contributed by atoms with E-state index in [9.17, 15) is 0 Å². The molecule has 3 aliphatic heterocycles. The van der Waals surface area contributed by atoms with Crippen LogP contribution in [0.5, 0.6) is 0 Å². The van der Waals surface area contributed by atoms with E-state index < -0.39 is 0 Å². The summed E-state index contributed by atoms with van der Waals surface area (Å²) >= 11 is 5.47. The summed E-state index contributed by atoms with van der Waals surface area (Å²) in [6.45, 7) is 0. The quantitative estimate of drug-likeness (QED) is 0.487. The van der Waals surface area contributed by atoms with Crippen molar-refractivity contribution in [3.63, 3.8) is 0 Å². The third kappa shape index (κ3) is 2.26. The second-order valence-corrected chi connectivity index (χ2v) is 15.7. The molecule has 0 amide bonds. The van der Waals surface area contributed by atoms with E-state index in [1.54, 1.807) is 14.7 Å². The molecule has 2 unspecified atom stereocenters. The minimum atomic E-state index is 0.488.